The smallest absolute Gasteiger partial charge is 0.242 e. The zero-order valence-corrected chi connectivity index (χ0v) is 21.0. The zero-order chi connectivity index (χ0) is 24.0. The molecule has 0 unspecified atom stereocenters. The molecule has 0 spiro atoms. The molecule has 0 aliphatic carbocycles. The first-order chi connectivity index (χ1) is 15.7. The van der Waals surface area contributed by atoms with E-state index < -0.39 is 10.0 Å². The number of aryl methyl sites for hydroxylation is 1. The maximum Gasteiger partial charge on any atom is 0.242 e. The molecule has 2 N–H and O–H groups in total. The summed E-state index contributed by atoms with van der Waals surface area (Å²) in [6.45, 7) is 3.92. The van der Waals surface area contributed by atoms with Crippen LogP contribution < -0.4 is 10.6 Å². The fourth-order valence-electron chi connectivity index (χ4n) is 3.82. The summed E-state index contributed by atoms with van der Waals surface area (Å²) in [5.74, 6) is -0.139. The summed E-state index contributed by atoms with van der Waals surface area (Å²) < 4.78 is 26.1. The Balaban J connectivity index is 1.45. The van der Waals surface area contributed by atoms with Gasteiger partial charge >= 0.3 is 0 Å². The lowest BCUT2D eigenvalue weighted by atomic mass is 9.96. The molecule has 2 aromatic rings. The predicted molar refractivity (Wildman–Crippen MR) is 131 cm³/mol. The highest BCUT2D eigenvalue weighted by Crippen LogP contribution is 2.23. The highest BCUT2D eigenvalue weighted by Gasteiger charge is 2.26. The molecule has 1 aromatic carbocycles. The molecular formula is C23H32N4O4S2. The van der Waals surface area contributed by atoms with Crippen LogP contribution >= 0.6 is 11.3 Å². The normalized spacial score (nSPS) is 15.5. The van der Waals surface area contributed by atoms with E-state index in [1.165, 1.54) is 25.0 Å². The van der Waals surface area contributed by atoms with Crippen LogP contribution in [-0.2, 0) is 26.0 Å². The zero-order valence-electron chi connectivity index (χ0n) is 19.3. The number of carbonyl (C=O) groups excluding carboxylic acids is 2. The third-order valence-electron chi connectivity index (χ3n) is 5.81. The standard InChI is InChI=1S/C23H32N4O4S2/c1-17-6-7-19(15-21(17)33(30,31)26(2)3)25-22(28)16-27-12-9-18(10-13-27)23(29)24-11-8-20-5-4-14-32-20/h4-7,14-15,18H,8-13,16H2,1-3H3,(H,24,29)(H,25,28). The predicted octanol–water partition coefficient (Wildman–Crippen LogP) is 2.32. The molecule has 0 radical (unpaired) electrons. The number of hydrogen-bond donors (Lipinski definition) is 2. The summed E-state index contributed by atoms with van der Waals surface area (Å²) in [5, 5.41) is 7.86. The van der Waals surface area contributed by atoms with Crippen molar-refractivity contribution >= 4 is 38.9 Å². The molecule has 33 heavy (non-hydrogen) atoms. The second-order valence-corrected chi connectivity index (χ2v) is 11.6. The fraction of sp³-hybridized carbons (Fsp3) is 0.478. The number of piperidine rings is 1. The Labute approximate surface area is 200 Å². The number of nitrogens with zero attached hydrogens (tertiary/aromatic N) is 2. The largest absolute Gasteiger partial charge is 0.355 e. The molecule has 1 fully saturated rings. The van der Waals surface area contributed by atoms with E-state index >= 15 is 0 Å². The minimum Gasteiger partial charge on any atom is -0.355 e. The van der Waals surface area contributed by atoms with Gasteiger partial charge in [-0.25, -0.2) is 12.7 Å². The van der Waals surface area contributed by atoms with Crippen LogP contribution in [-0.4, -0.2) is 69.7 Å². The first kappa shape index (κ1) is 25.4. The van der Waals surface area contributed by atoms with Gasteiger partial charge in [0.2, 0.25) is 21.8 Å². The molecule has 1 saturated heterocycles. The van der Waals surface area contributed by atoms with Gasteiger partial charge in [0.1, 0.15) is 0 Å². The second-order valence-electron chi connectivity index (χ2n) is 8.49. The number of rotatable bonds is 9. The van der Waals surface area contributed by atoms with Crippen molar-refractivity contribution in [1.82, 2.24) is 14.5 Å². The Morgan fingerprint density at radius 1 is 1.18 bits per heavy atom. The summed E-state index contributed by atoms with van der Waals surface area (Å²) in [7, 11) is -0.633. The molecule has 0 bridgehead atoms. The lowest BCUT2D eigenvalue weighted by molar-refractivity contribution is -0.126. The highest BCUT2D eigenvalue weighted by atomic mass is 32.2. The fourth-order valence-corrected chi connectivity index (χ4v) is 5.67. The monoisotopic (exact) mass is 492 g/mol. The maximum atomic E-state index is 12.5. The van der Waals surface area contributed by atoms with E-state index in [4.69, 9.17) is 0 Å². The number of nitrogens with one attached hydrogen (secondary N) is 2. The van der Waals surface area contributed by atoms with Gasteiger partial charge in [0.25, 0.3) is 0 Å². The van der Waals surface area contributed by atoms with E-state index in [0.717, 1.165) is 10.7 Å². The van der Waals surface area contributed by atoms with Crippen LogP contribution in [0.1, 0.15) is 23.3 Å². The van der Waals surface area contributed by atoms with E-state index in [2.05, 4.69) is 16.7 Å². The van der Waals surface area contributed by atoms with Crippen molar-refractivity contribution in [2.45, 2.75) is 31.1 Å². The topological polar surface area (TPSA) is 98.8 Å². The van der Waals surface area contributed by atoms with Gasteiger partial charge in [-0.3, -0.25) is 14.5 Å². The number of hydrogen-bond acceptors (Lipinski definition) is 6. The summed E-state index contributed by atoms with van der Waals surface area (Å²) in [4.78, 5) is 28.4. The molecule has 3 rings (SSSR count). The Hall–Kier alpha value is -2.27. The number of amides is 2. The second kappa shape index (κ2) is 11.2. The molecule has 1 aliphatic rings. The van der Waals surface area contributed by atoms with Gasteiger partial charge in [0, 0.05) is 37.1 Å². The van der Waals surface area contributed by atoms with Crippen molar-refractivity contribution in [2.24, 2.45) is 5.92 Å². The average Bonchev–Trinajstić information content (AvgIpc) is 3.29. The summed E-state index contributed by atoms with van der Waals surface area (Å²) in [6.07, 6.45) is 2.28. The first-order valence-corrected chi connectivity index (χ1v) is 13.3. The van der Waals surface area contributed by atoms with E-state index in [9.17, 15) is 18.0 Å². The van der Waals surface area contributed by atoms with E-state index in [-0.39, 0.29) is 29.2 Å². The highest BCUT2D eigenvalue weighted by molar-refractivity contribution is 7.89. The van der Waals surface area contributed by atoms with Crippen LogP contribution in [0.25, 0.3) is 0 Å². The molecule has 1 aliphatic heterocycles. The minimum absolute atomic E-state index is 0.0245. The van der Waals surface area contributed by atoms with Crippen molar-refractivity contribution in [3.8, 4) is 0 Å². The van der Waals surface area contributed by atoms with Crippen LogP contribution in [0.5, 0.6) is 0 Å². The molecule has 1 aromatic heterocycles. The number of sulfonamides is 1. The third kappa shape index (κ3) is 6.86. The van der Waals surface area contributed by atoms with Gasteiger partial charge < -0.3 is 10.6 Å². The van der Waals surface area contributed by atoms with E-state index in [1.54, 1.807) is 30.4 Å². The van der Waals surface area contributed by atoms with Gasteiger partial charge in [-0.05, 0) is 68.4 Å². The van der Waals surface area contributed by atoms with E-state index in [1.807, 2.05) is 16.3 Å². The van der Waals surface area contributed by atoms with Crippen LogP contribution in [0.2, 0.25) is 0 Å². The SMILES string of the molecule is Cc1ccc(NC(=O)CN2CCC(C(=O)NCCc3cccs3)CC2)cc1S(=O)(=O)N(C)C. The van der Waals surface area contributed by atoms with Gasteiger partial charge in [-0.1, -0.05) is 12.1 Å². The van der Waals surface area contributed by atoms with E-state index in [0.29, 0.717) is 43.7 Å². The van der Waals surface area contributed by atoms with Crippen molar-refractivity contribution < 1.29 is 18.0 Å². The molecule has 2 heterocycles. The summed E-state index contributed by atoms with van der Waals surface area (Å²) >= 11 is 1.69. The Morgan fingerprint density at radius 2 is 1.91 bits per heavy atom. The Kier molecular flexibility index (Phi) is 8.63. The van der Waals surface area contributed by atoms with Crippen molar-refractivity contribution in [2.75, 3.05) is 45.6 Å². The number of thiophene rings is 1. The van der Waals surface area contributed by atoms with Crippen molar-refractivity contribution in [1.29, 1.82) is 0 Å². The lowest BCUT2D eigenvalue weighted by Crippen LogP contribution is -2.43. The van der Waals surface area contributed by atoms with Crippen molar-refractivity contribution in [3.05, 3.63) is 46.2 Å². The molecule has 0 atom stereocenters. The Morgan fingerprint density at radius 3 is 2.55 bits per heavy atom. The molecule has 2 amide bonds. The minimum atomic E-state index is -3.59. The lowest BCUT2D eigenvalue weighted by Gasteiger charge is -2.30. The number of carbonyl (C=O) groups is 2. The molecule has 8 nitrogen and oxygen atoms in total. The average molecular weight is 493 g/mol. The number of anilines is 1. The summed E-state index contributed by atoms with van der Waals surface area (Å²) in [6, 6.07) is 8.97. The van der Waals surface area contributed by atoms with Gasteiger partial charge in [0.05, 0.1) is 11.4 Å². The first-order valence-electron chi connectivity index (χ1n) is 11.0. The van der Waals surface area contributed by atoms with Crippen LogP contribution in [0, 0.1) is 12.8 Å². The van der Waals surface area contributed by atoms with Crippen molar-refractivity contribution in [3.63, 3.8) is 0 Å². The molecule has 180 valence electrons. The molecular weight excluding hydrogens is 460 g/mol. The quantitative estimate of drug-likeness (QED) is 0.560. The maximum absolute atomic E-state index is 12.5. The van der Waals surface area contributed by atoms with Gasteiger partial charge in [0.15, 0.2) is 0 Å². The molecule has 0 saturated carbocycles. The number of benzene rings is 1. The third-order valence-corrected chi connectivity index (χ3v) is 8.70. The van der Waals surface area contributed by atoms with Crippen LogP contribution in [0.3, 0.4) is 0 Å². The Bertz CT molecular complexity index is 1060. The summed E-state index contributed by atoms with van der Waals surface area (Å²) in [5.41, 5.74) is 1.07. The number of likely N-dealkylation sites (tertiary alicyclic amines) is 1. The van der Waals surface area contributed by atoms with Crippen LogP contribution in [0.4, 0.5) is 5.69 Å². The van der Waals surface area contributed by atoms with Crippen LogP contribution in [0.15, 0.2) is 40.6 Å². The van der Waals surface area contributed by atoms with Gasteiger partial charge in [-0.2, -0.15) is 0 Å². The molecule has 10 heteroatoms. The van der Waals surface area contributed by atoms with Gasteiger partial charge in [-0.15, -0.1) is 11.3 Å².